The van der Waals surface area contributed by atoms with Crippen LogP contribution in [0.5, 0.6) is 6.01 Å². The van der Waals surface area contributed by atoms with Gasteiger partial charge in [0.15, 0.2) is 0 Å². The zero-order chi connectivity index (χ0) is 25.8. The molecule has 0 spiro atoms. The SMILES string of the molecule is COc1ncc(-c2cnc3[nH]c4c(N(C)C(=O)OC(C)(C)C)cc(F)cc4c3c2C2(CN)CC2)cn1. The van der Waals surface area contributed by atoms with E-state index in [1.54, 1.807) is 46.4 Å². The number of halogens is 1. The van der Waals surface area contributed by atoms with Crippen molar-refractivity contribution in [2.75, 3.05) is 25.6 Å². The highest BCUT2D eigenvalue weighted by Gasteiger charge is 2.46. The predicted octanol–water partition coefficient (Wildman–Crippen LogP) is 4.68. The molecule has 9 nitrogen and oxygen atoms in total. The summed E-state index contributed by atoms with van der Waals surface area (Å²) in [6, 6.07) is 3.04. The van der Waals surface area contributed by atoms with Crippen molar-refractivity contribution in [3.8, 4) is 17.1 Å². The molecule has 36 heavy (non-hydrogen) atoms. The molecule has 0 aliphatic heterocycles. The minimum Gasteiger partial charge on any atom is -0.467 e. The number of anilines is 1. The van der Waals surface area contributed by atoms with E-state index < -0.39 is 17.5 Å². The molecule has 1 aromatic carbocycles. The average Bonchev–Trinajstić information content (AvgIpc) is 3.55. The van der Waals surface area contributed by atoms with Gasteiger partial charge in [-0.05, 0) is 51.3 Å². The highest BCUT2D eigenvalue weighted by atomic mass is 19.1. The standard InChI is InChI=1S/C26H29FN6O3/c1-25(2,3)36-24(34)33(4)18-9-15(27)8-16-19-20(26(13-28)6-7-26)17(12-29-22(19)32-21(16)18)14-10-30-23(35-5)31-11-14/h8-12H,6-7,13,28H2,1-5H3,(H,29,32). The number of H-pyrrole nitrogens is 1. The first-order valence-electron chi connectivity index (χ1n) is 11.7. The number of fused-ring (bicyclic) bond motifs is 3. The van der Waals surface area contributed by atoms with Gasteiger partial charge in [0, 0.05) is 59.5 Å². The first kappa shape index (κ1) is 23.9. The number of rotatable bonds is 5. The Morgan fingerprint density at radius 3 is 2.47 bits per heavy atom. The first-order chi connectivity index (χ1) is 17.1. The number of hydrogen-bond acceptors (Lipinski definition) is 7. The number of carbonyl (C=O) groups is 1. The van der Waals surface area contributed by atoms with Gasteiger partial charge in [0.2, 0.25) is 0 Å². The largest absolute Gasteiger partial charge is 0.467 e. The lowest BCUT2D eigenvalue weighted by Gasteiger charge is -2.25. The minimum absolute atomic E-state index is 0.262. The lowest BCUT2D eigenvalue weighted by Crippen LogP contribution is -2.34. The Morgan fingerprint density at radius 2 is 1.89 bits per heavy atom. The maximum absolute atomic E-state index is 15.0. The normalized spacial score (nSPS) is 14.8. The van der Waals surface area contributed by atoms with E-state index in [2.05, 4.69) is 19.9 Å². The number of pyridine rings is 1. The number of nitrogens with two attached hydrogens (primary N) is 1. The topological polar surface area (TPSA) is 119 Å². The number of nitrogens with one attached hydrogen (secondary N) is 1. The molecule has 5 rings (SSSR count). The molecule has 0 bridgehead atoms. The van der Waals surface area contributed by atoms with Crippen LogP contribution in [0.1, 0.15) is 39.2 Å². The smallest absolute Gasteiger partial charge is 0.414 e. The van der Waals surface area contributed by atoms with Gasteiger partial charge in [-0.1, -0.05) is 0 Å². The molecule has 1 amide bonds. The molecule has 1 aliphatic rings. The Kier molecular flexibility index (Phi) is 5.59. The molecular weight excluding hydrogens is 463 g/mol. The Bertz CT molecular complexity index is 1470. The number of ether oxygens (including phenoxy) is 2. The van der Waals surface area contributed by atoms with Gasteiger partial charge in [-0.3, -0.25) is 4.90 Å². The summed E-state index contributed by atoms with van der Waals surface area (Å²) in [5, 5.41) is 1.40. The molecule has 10 heteroatoms. The molecular formula is C26H29FN6O3. The molecule has 1 fully saturated rings. The van der Waals surface area contributed by atoms with E-state index >= 15 is 4.39 Å². The molecule has 3 N–H and O–H groups in total. The number of aromatic amines is 1. The van der Waals surface area contributed by atoms with Crippen molar-refractivity contribution < 1.29 is 18.7 Å². The van der Waals surface area contributed by atoms with E-state index in [0.29, 0.717) is 28.8 Å². The van der Waals surface area contributed by atoms with Crippen molar-refractivity contribution in [3.63, 3.8) is 0 Å². The van der Waals surface area contributed by atoms with Crippen LogP contribution in [0.25, 0.3) is 33.1 Å². The number of aromatic nitrogens is 4. The van der Waals surface area contributed by atoms with E-state index in [1.807, 2.05) is 0 Å². The summed E-state index contributed by atoms with van der Waals surface area (Å²) in [6.07, 6.45) is 6.35. The van der Waals surface area contributed by atoms with Crippen LogP contribution in [-0.2, 0) is 10.2 Å². The van der Waals surface area contributed by atoms with Gasteiger partial charge in [0.05, 0.1) is 18.3 Å². The van der Waals surface area contributed by atoms with E-state index in [-0.39, 0.29) is 11.4 Å². The van der Waals surface area contributed by atoms with Crippen molar-refractivity contribution in [2.24, 2.45) is 5.73 Å². The van der Waals surface area contributed by atoms with Crippen molar-refractivity contribution in [1.29, 1.82) is 0 Å². The molecule has 3 aromatic heterocycles. The monoisotopic (exact) mass is 492 g/mol. The van der Waals surface area contributed by atoms with Crippen LogP contribution < -0.4 is 15.4 Å². The van der Waals surface area contributed by atoms with Crippen LogP contribution in [-0.4, -0.2) is 52.3 Å². The summed E-state index contributed by atoms with van der Waals surface area (Å²) >= 11 is 0. The first-order valence-corrected chi connectivity index (χ1v) is 11.7. The highest BCUT2D eigenvalue weighted by Crippen LogP contribution is 2.54. The molecule has 4 aromatic rings. The number of methoxy groups -OCH3 is 1. The van der Waals surface area contributed by atoms with Crippen LogP contribution in [0, 0.1) is 5.82 Å². The lowest BCUT2D eigenvalue weighted by atomic mass is 9.87. The Balaban J connectivity index is 1.77. The van der Waals surface area contributed by atoms with Crippen LogP contribution in [0.4, 0.5) is 14.9 Å². The average molecular weight is 493 g/mol. The molecule has 1 saturated carbocycles. The van der Waals surface area contributed by atoms with Gasteiger partial charge in [0.1, 0.15) is 17.1 Å². The third-order valence-electron chi connectivity index (χ3n) is 6.60. The fraction of sp³-hybridized carbons (Fsp3) is 0.385. The molecule has 0 atom stereocenters. The van der Waals surface area contributed by atoms with Crippen molar-refractivity contribution in [2.45, 2.75) is 44.6 Å². The van der Waals surface area contributed by atoms with Crippen molar-refractivity contribution >= 4 is 33.7 Å². The quantitative estimate of drug-likeness (QED) is 0.415. The third-order valence-corrected chi connectivity index (χ3v) is 6.60. The van der Waals surface area contributed by atoms with E-state index in [0.717, 1.165) is 34.9 Å². The van der Waals surface area contributed by atoms with Gasteiger partial charge < -0.3 is 20.2 Å². The maximum Gasteiger partial charge on any atom is 0.414 e. The Labute approximate surface area is 207 Å². The molecule has 1 aliphatic carbocycles. The molecule has 188 valence electrons. The maximum atomic E-state index is 15.0. The summed E-state index contributed by atoms with van der Waals surface area (Å²) in [7, 11) is 3.07. The van der Waals surface area contributed by atoms with Crippen LogP contribution in [0.3, 0.4) is 0 Å². The van der Waals surface area contributed by atoms with E-state index in [1.165, 1.54) is 24.1 Å². The predicted molar refractivity (Wildman–Crippen MR) is 136 cm³/mol. The van der Waals surface area contributed by atoms with Gasteiger partial charge in [-0.25, -0.2) is 24.1 Å². The summed E-state index contributed by atoms with van der Waals surface area (Å²) in [6.45, 7) is 5.78. The molecule has 0 saturated heterocycles. The number of carbonyl (C=O) groups excluding carboxylic acids is 1. The van der Waals surface area contributed by atoms with Gasteiger partial charge in [-0.15, -0.1) is 0 Å². The molecule has 3 heterocycles. The summed E-state index contributed by atoms with van der Waals surface area (Å²) in [4.78, 5) is 30.6. The second kappa shape index (κ2) is 8.41. The fourth-order valence-corrected chi connectivity index (χ4v) is 4.64. The zero-order valence-electron chi connectivity index (χ0n) is 21.0. The summed E-state index contributed by atoms with van der Waals surface area (Å²) < 4.78 is 25.6. The van der Waals surface area contributed by atoms with Crippen LogP contribution >= 0.6 is 0 Å². The number of hydrogen-bond donors (Lipinski definition) is 2. The van der Waals surface area contributed by atoms with E-state index in [9.17, 15) is 4.79 Å². The summed E-state index contributed by atoms with van der Waals surface area (Å²) in [5.41, 5.74) is 9.42. The molecule has 0 unspecified atom stereocenters. The lowest BCUT2D eigenvalue weighted by molar-refractivity contribution is 0.0589. The summed E-state index contributed by atoms with van der Waals surface area (Å²) in [5.74, 6) is -0.476. The third kappa shape index (κ3) is 4.01. The van der Waals surface area contributed by atoms with Crippen LogP contribution in [0.2, 0.25) is 0 Å². The molecule has 0 radical (unpaired) electrons. The second-order valence-corrected chi connectivity index (χ2v) is 10.2. The van der Waals surface area contributed by atoms with Gasteiger partial charge >= 0.3 is 12.1 Å². The van der Waals surface area contributed by atoms with E-state index in [4.69, 9.17) is 15.2 Å². The van der Waals surface area contributed by atoms with Gasteiger partial charge in [-0.2, -0.15) is 0 Å². The number of benzene rings is 1. The fourth-order valence-electron chi connectivity index (χ4n) is 4.64. The van der Waals surface area contributed by atoms with Crippen LogP contribution in [0.15, 0.2) is 30.7 Å². The number of amides is 1. The highest BCUT2D eigenvalue weighted by molar-refractivity contribution is 6.15. The van der Waals surface area contributed by atoms with Gasteiger partial charge in [0.25, 0.3) is 0 Å². The second-order valence-electron chi connectivity index (χ2n) is 10.2. The number of nitrogens with zero attached hydrogens (tertiary/aromatic N) is 4. The Hall–Kier alpha value is -3.79. The minimum atomic E-state index is -0.693. The van der Waals surface area contributed by atoms with Crippen molar-refractivity contribution in [1.82, 2.24) is 19.9 Å². The van der Waals surface area contributed by atoms with Crippen molar-refractivity contribution in [3.05, 3.63) is 42.1 Å². The zero-order valence-corrected chi connectivity index (χ0v) is 21.0. The Morgan fingerprint density at radius 1 is 1.19 bits per heavy atom.